The second kappa shape index (κ2) is 3.87. The Labute approximate surface area is 58.6 Å². The minimum Gasteiger partial charge on any atom is -0.404 e. The summed E-state index contributed by atoms with van der Waals surface area (Å²) in [5.41, 5.74) is 5.14. The van der Waals surface area contributed by atoms with Gasteiger partial charge in [-0.1, -0.05) is 29.9 Å². The molecule has 0 radical (unpaired) electrons. The maximum absolute atomic E-state index is 5.42. The van der Waals surface area contributed by atoms with Gasteiger partial charge in [-0.3, -0.25) is 0 Å². The molecule has 0 aliphatic carbocycles. The largest absolute Gasteiger partial charge is 0.404 e. The molecule has 0 fully saturated rings. The van der Waals surface area contributed by atoms with Crippen LogP contribution in [0, 0.1) is 0 Å². The summed E-state index contributed by atoms with van der Waals surface area (Å²) < 4.78 is 0.546. The monoisotopic (exact) mass is 149 g/mol. The van der Waals surface area contributed by atoms with E-state index in [1.54, 1.807) is 0 Å². The summed E-state index contributed by atoms with van der Waals surface area (Å²) in [6.45, 7) is 5.35. The highest BCUT2D eigenvalue weighted by Crippen LogP contribution is 2.24. The van der Waals surface area contributed by atoms with Gasteiger partial charge in [-0.2, -0.15) is 0 Å². The van der Waals surface area contributed by atoms with Gasteiger partial charge in [0.2, 0.25) is 0 Å². The van der Waals surface area contributed by atoms with E-state index in [0.29, 0.717) is 4.36 Å². The van der Waals surface area contributed by atoms with Crippen LogP contribution in [0.15, 0.2) is 22.0 Å². The van der Waals surface area contributed by atoms with Gasteiger partial charge in [0.05, 0.1) is 4.36 Å². The van der Waals surface area contributed by atoms with Crippen molar-refractivity contribution in [3.63, 3.8) is 0 Å². The molecule has 0 rings (SSSR count). The molecule has 0 spiro atoms. The van der Waals surface area contributed by atoms with Crippen molar-refractivity contribution < 1.29 is 0 Å². The first-order valence-electron chi connectivity index (χ1n) is 2.07. The average molecular weight is 150 g/mol. The molecule has 0 saturated carbocycles. The van der Waals surface area contributed by atoms with Gasteiger partial charge in [-0.15, -0.1) is 0 Å². The zero-order valence-corrected chi connectivity index (χ0v) is 6.22. The molecule has 0 aromatic rings. The van der Waals surface area contributed by atoms with Crippen LogP contribution in [-0.4, -0.2) is 0 Å². The fourth-order valence-corrected chi connectivity index (χ4v) is 0.991. The fraction of sp³-hybridized carbons (Fsp3) is 0.200. The Hall–Kier alpha value is -0.0800. The van der Waals surface area contributed by atoms with Crippen molar-refractivity contribution in [2.24, 2.45) is 5.73 Å². The van der Waals surface area contributed by atoms with Gasteiger partial charge in [-0.25, -0.2) is 0 Å². The van der Waals surface area contributed by atoms with E-state index in [9.17, 15) is 0 Å². The molecule has 0 aromatic heterocycles. The lowest BCUT2D eigenvalue weighted by molar-refractivity contribution is 1.52. The number of nitrogens with two attached hydrogens (primary N) is 1. The highest BCUT2D eigenvalue weighted by Gasteiger charge is 1.88. The molecule has 46 valence electrons. The number of hydrogen-bond acceptors (Lipinski definition) is 2. The molecular weight excluding hydrogens is 142 g/mol. The Kier molecular flexibility index (Phi) is 3.83. The van der Waals surface area contributed by atoms with Gasteiger partial charge in [0.25, 0.3) is 0 Å². The molecule has 0 unspecified atom stereocenters. The van der Waals surface area contributed by atoms with Gasteiger partial charge in [0.15, 0.2) is 0 Å². The second-order valence-corrected chi connectivity index (χ2v) is 3.26. The quantitative estimate of drug-likeness (QED) is 0.652. The van der Waals surface area contributed by atoms with E-state index >= 15 is 0 Å². The third-order valence-electron chi connectivity index (χ3n) is 0.506. The molecule has 0 aliphatic rings. The van der Waals surface area contributed by atoms with Crippen LogP contribution in [-0.2, 0) is 0 Å². The van der Waals surface area contributed by atoms with E-state index in [1.807, 2.05) is 6.92 Å². The summed E-state index contributed by atoms with van der Waals surface area (Å²) in [7, 11) is 0. The van der Waals surface area contributed by atoms with Crippen molar-refractivity contribution in [2.75, 3.05) is 0 Å². The smallest absolute Gasteiger partial charge is 0.0707 e. The zero-order valence-electron chi connectivity index (χ0n) is 4.65. The molecule has 0 saturated heterocycles. The Balaban J connectivity index is 3.56. The third kappa shape index (κ3) is 4.09. The molecule has 0 aromatic carbocycles. The Morgan fingerprint density at radius 3 is 2.50 bits per heavy atom. The Morgan fingerprint density at radius 1 is 1.88 bits per heavy atom. The van der Waals surface area contributed by atoms with Gasteiger partial charge >= 0.3 is 0 Å². The zero-order chi connectivity index (χ0) is 6.57. The molecule has 2 N–H and O–H groups in total. The van der Waals surface area contributed by atoms with Crippen LogP contribution < -0.4 is 5.73 Å². The molecule has 3 heteroatoms. The van der Waals surface area contributed by atoms with Crippen LogP contribution in [0.25, 0.3) is 0 Å². The van der Waals surface area contributed by atoms with E-state index < -0.39 is 0 Å². The van der Waals surface area contributed by atoms with Crippen LogP contribution in [0.1, 0.15) is 6.92 Å². The molecule has 0 atom stereocenters. The SMILES string of the molecule is C=C(Cl)S/C(C)=C\N. The fourth-order valence-electron chi connectivity index (χ4n) is 0.209. The minimum atomic E-state index is 0.546. The van der Waals surface area contributed by atoms with Gasteiger partial charge < -0.3 is 5.73 Å². The van der Waals surface area contributed by atoms with Gasteiger partial charge in [0, 0.05) is 11.1 Å². The number of thioether (sulfide) groups is 1. The minimum absolute atomic E-state index is 0.546. The van der Waals surface area contributed by atoms with E-state index in [4.69, 9.17) is 17.3 Å². The Morgan fingerprint density at radius 2 is 2.38 bits per heavy atom. The van der Waals surface area contributed by atoms with Crippen molar-refractivity contribution in [1.29, 1.82) is 0 Å². The van der Waals surface area contributed by atoms with E-state index in [-0.39, 0.29) is 0 Å². The third-order valence-corrected chi connectivity index (χ3v) is 1.42. The van der Waals surface area contributed by atoms with E-state index in [0.717, 1.165) is 4.91 Å². The molecule has 0 aliphatic heterocycles. The number of allylic oxidation sites excluding steroid dienone is 1. The summed E-state index contributed by atoms with van der Waals surface area (Å²) >= 11 is 6.79. The van der Waals surface area contributed by atoms with Crippen molar-refractivity contribution in [2.45, 2.75) is 6.92 Å². The summed E-state index contributed by atoms with van der Waals surface area (Å²) in [4.78, 5) is 0.963. The maximum Gasteiger partial charge on any atom is 0.0707 e. The number of halogens is 1. The van der Waals surface area contributed by atoms with Gasteiger partial charge in [0.1, 0.15) is 0 Å². The molecular formula is C5H8ClNS. The molecule has 0 bridgehead atoms. The lowest BCUT2D eigenvalue weighted by Gasteiger charge is -1.92. The Bertz CT molecular complexity index is 120. The van der Waals surface area contributed by atoms with Crippen LogP contribution in [0.4, 0.5) is 0 Å². The van der Waals surface area contributed by atoms with E-state index in [1.165, 1.54) is 18.0 Å². The normalized spacial score (nSPS) is 11.5. The highest BCUT2D eigenvalue weighted by atomic mass is 35.5. The van der Waals surface area contributed by atoms with Crippen LogP contribution in [0.5, 0.6) is 0 Å². The van der Waals surface area contributed by atoms with Gasteiger partial charge in [-0.05, 0) is 6.92 Å². The standard InChI is InChI=1S/C5H8ClNS/c1-4(3-7)8-5(2)6/h3H,2,7H2,1H3/b4-3-. The van der Waals surface area contributed by atoms with Crippen LogP contribution in [0.3, 0.4) is 0 Å². The molecule has 8 heavy (non-hydrogen) atoms. The van der Waals surface area contributed by atoms with Crippen molar-refractivity contribution in [1.82, 2.24) is 0 Å². The highest BCUT2D eigenvalue weighted by molar-refractivity contribution is 8.08. The maximum atomic E-state index is 5.42. The van der Waals surface area contributed by atoms with Crippen molar-refractivity contribution in [3.8, 4) is 0 Å². The lowest BCUT2D eigenvalue weighted by atomic mass is 10.7. The lowest BCUT2D eigenvalue weighted by Crippen LogP contribution is -1.78. The van der Waals surface area contributed by atoms with Crippen LogP contribution >= 0.6 is 23.4 Å². The first kappa shape index (κ1) is 7.92. The predicted molar refractivity (Wildman–Crippen MR) is 40.5 cm³/mol. The number of hydrogen-bond donors (Lipinski definition) is 1. The molecule has 0 heterocycles. The summed E-state index contributed by atoms with van der Waals surface area (Å²) in [6, 6.07) is 0. The van der Waals surface area contributed by atoms with Crippen molar-refractivity contribution in [3.05, 3.63) is 22.0 Å². The predicted octanol–water partition coefficient (Wildman–Crippen LogP) is 2.25. The first-order chi connectivity index (χ1) is 3.66. The summed E-state index contributed by atoms with van der Waals surface area (Å²) in [6.07, 6.45) is 1.50. The summed E-state index contributed by atoms with van der Waals surface area (Å²) in [5.74, 6) is 0. The van der Waals surface area contributed by atoms with Crippen molar-refractivity contribution >= 4 is 23.4 Å². The number of rotatable bonds is 2. The molecule has 1 nitrogen and oxygen atoms in total. The molecule has 0 amide bonds. The second-order valence-electron chi connectivity index (χ2n) is 1.23. The average Bonchev–Trinajstić information content (AvgIpc) is 1.65. The first-order valence-corrected chi connectivity index (χ1v) is 3.27. The van der Waals surface area contributed by atoms with Crippen LogP contribution in [0.2, 0.25) is 0 Å². The van der Waals surface area contributed by atoms with E-state index in [2.05, 4.69) is 6.58 Å². The topological polar surface area (TPSA) is 26.0 Å². The summed E-state index contributed by atoms with van der Waals surface area (Å²) in [5, 5.41) is 0.